The minimum atomic E-state index is -1.16. The summed E-state index contributed by atoms with van der Waals surface area (Å²) in [6, 6.07) is 9.53. The summed E-state index contributed by atoms with van der Waals surface area (Å²) in [5, 5.41) is 17.5. The Morgan fingerprint density at radius 3 is 2.53 bits per heavy atom. The Morgan fingerprint density at radius 1 is 1.19 bits per heavy atom. The van der Waals surface area contributed by atoms with E-state index in [0.717, 1.165) is 48.2 Å². The fourth-order valence-corrected chi connectivity index (χ4v) is 5.14. The number of oxime groups is 1. The summed E-state index contributed by atoms with van der Waals surface area (Å²) in [5.41, 5.74) is 4.39. The molecule has 0 bridgehead atoms. The van der Waals surface area contributed by atoms with Crippen molar-refractivity contribution in [1.29, 1.82) is 0 Å². The van der Waals surface area contributed by atoms with Gasteiger partial charge in [0.05, 0.1) is 17.3 Å². The Morgan fingerprint density at radius 2 is 1.91 bits per heavy atom. The van der Waals surface area contributed by atoms with Gasteiger partial charge in [0.2, 0.25) is 0 Å². The summed E-state index contributed by atoms with van der Waals surface area (Å²) in [4.78, 5) is 33.6. The standard InChI is InChI=1S/C24H26N4O4/c1-13-20(14(2)32-27-13)16-8-10-17(11-9-16)22-21(15-6-4-3-5-7-15)23(29)28-19(25-22)12-18(26-28)24(30)31/h8-12,14-15,20,25H,3-7H2,1-2H3,(H,30,31). The Bertz CT molecular complexity index is 1270. The second-order valence-electron chi connectivity index (χ2n) is 8.83. The number of carbonyl (C=O) groups is 1. The molecule has 2 aromatic heterocycles. The predicted molar refractivity (Wildman–Crippen MR) is 120 cm³/mol. The lowest BCUT2D eigenvalue weighted by atomic mass is 9.82. The second kappa shape index (κ2) is 7.93. The number of nitrogens with one attached hydrogen (secondary N) is 1. The number of nitrogens with zero attached hydrogens (tertiary/aromatic N) is 3. The Kier molecular flexibility index (Phi) is 5.07. The van der Waals surface area contributed by atoms with E-state index in [0.29, 0.717) is 11.2 Å². The number of benzene rings is 1. The molecule has 1 fully saturated rings. The van der Waals surface area contributed by atoms with E-state index in [1.807, 2.05) is 26.0 Å². The fraction of sp³-hybridized carbons (Fsp3) is 0.417. The van der Waals surface area contributed by atoms with E-state index in [9.17, 15) is 14.7 Å². The molecule has 8 nitrogen and oxygen atoms in total. The van der Waals surface area contributed by atoms with Crippen LogP contribution in [0.4, 0.5) is 0 Å². The van der Waals surface area contributed by atoms with E-state index < -0.39 is 5.97 Å². The van der Waals surface area contributed by atoms with Crippen molar-refractivity contribution in [3.05, 3.63) is 57.5 Å². The first-order valence-electron chi connectivity index (χ1n) is 11.1. The molecule has 0 amide bonds. The Balaban J connectivity index is 1.64. The largest absolute Gasteiger partial charge is 0.476 e. The molecule has 3 heterocycles. The normalized spacial score (nSPS) is 21.5. The first kappa shape index (κ1) is 20.5. The molecular formula is C24H26N4O4. The number of carboxylic acid groups (broad SMARTS) is 1. The van der Waals surface area contributed by atoms with Crippen LogP contribution >= 0.6 is 0 Å². The first-order valence-corrected chi connectivity index (χ1v) is 11.1. The molecule has 8 heteroatoms. The maximum atomic E-state index is 13.5. The summed E-state index contributed by atoms with van der Waals surface area (Å²) >= 11 is 0. The van der Waals surface area contributed by atoms with E-state index in [-0.39, 0.29) is 29.2 Å². The lowest BCUT2D eigenvalue weighted by molar-refractivity contribution is 0.0690. The summed E-state index contributed by atoms with van der Waals surface area (Å²) < 4.78 is 1.20. The molecule has 2 atom stereocenters. The highest BCUT2D eigenvalue weighted by molar-refractivity contribution is 5.90. The van der Waals surface area contributed by atoms with Crippen LogP contribution in [-0.2, 0) is 4.84 Å². The molecule has 5 rings (SSSR count). The van der Waals surface area contributed by atoms with Gasteiger partial charge in [-0.3, -0.25) is 4.79 Å². The maximum Gasteiger partial charge on any atom is 0.356 e. The molecule has 1 saturated carbocycles. The van der Waals surface area contributed by atoms with Gasteiger partial charge < -0.3 is 14.9 Å². The Hall–Kier alpha value is -3.42. The molecule has 2 N–H and O–H groups in total. The predicted octanol–water partition coefficient (Wildman–Crippen LogP) is 4.31. The van der Waals surface area contributed by atoms with Crippen LogP contribution in [0.3, 0.4) is 0 Å². The zero-order chi connectivity index (χ0) is 22.4. The van der Waals surface area contributed by atoms with Crippen molar-refractivity contribution in [2.24, 2.45) is 5.16 Å². The third-order valence-electron chi connectivity index (χ3n) is 6.73. The molecule has 0 spiro atoms. The Labute approximate surface area is 184 Å². The van der Waals surface area contributed by atoms with E-state index in [4.69, 9.17) is 4.84 Å². The van der Waals surface area contributed by atoms with Gasteiger partial charge >= 0.3 is 5.97 Å². The molecule has 1 aliphatic heterocycles. The average Bonchev–Trinajstić information content (AvgIpc) is 3.38. The number of carboxylic acids is 1. The highest BCUT2D eigenvalue weighted by Gasteiger charge is 2.30. The van der Waals surface area contributed by atoms with Gasteiger partial charge in [0.25, 0.3) is 5.56 Å². The van der Waals surface area contributed by atoms with Crippen LogP contribution in [0.5, 0.6) is 0 Å². The topological polar surface area (TPSA) is 109 Å². The van der Waals surface area contributed by atoms with Gasteiger partial charge in [-0.15, -0.1) is 0 Å². The van der Waals surface area contributed by atoms with Crippen molar-refractivity contribution in [1.82, 2.24) is 14.6 Å². The molecule has 0 saturated heterocycles. The van der Waals surface area contributed by atoms with Crippen LogP contribution in [0.2, 0.25) is 0 Å². The van der Waals surface area contributed by atoms with E-state index in [1.165, 1.54) is 17.0 Å². The van der Waals surface area contributed by atoms with E-state index >= 15 is 0 Å². The smallest absolute Gasteiger partial charge is 0.356 e. The third-order valence-corrected chi connectivity index (χ3v) is 6.73. The van der Waals surface area contributed by atoms with Crippen molar-refractivity contribution >= 4 is 17.3 Å². The number of aromatic amines is 1. The molecule has 0 radical (unpaired) electrons. The van der Waals surface area contributed by atoms with Crippen LogP contribution in [0.15, 0.2) is 40.3 Å². The van der Waals surface area contributed by atoms with Gasteiger partial charge in [0.1, 0.15) is 11.8 Å². The maximum absolute atomic E-state index is 13.5. The molecule has 166 valence electrons. The zero-order valence-electron chi connectivity index (χ0n) is 18.2. The minimum absolute atomic E-state index is 0.0176. The van der Waals surface area contributed by atoms with Gasteiger partial charge in [0, 0.05) is 11.6 Å². The molecule has 1 aliphatic carbocycles. The number of aromatic nitrogens is 3. The van der Waals surface area contributed by atoms with Crippen molar-refractivity contribution in [2.45, 2.75) is 63.9 Å². The molecule has 1 aromatic carbocycles. The van der Waals surface area contributed by atoms with Gasteiger partial charge in [-0.1, -0.05) is 48.7 Å². The van der Waals surface area contributed by atoms with Crippen molar-refractivity contribution in [3.8, 4) is 11.3 Å². The summed E-state index contributed by atoms with van der Waals surface area (Å²) in [7, 11) is 0. The van der Waals surface area contributed by atoms with Crippen LogP contribution in [0, 0.1) is 0 Å². The summed E-state index contributed by atoms with van der Waals surface area (Å²) in [6.45, 7) is 3.97. The number of hydrogen-bond acceptors (Lipinski definition) is 5. The second-order valence-corrected chi connectivity index (χ2v) is 8.83. The molecular weight excluding hydrogens is 408 g/mol. The van der Waals surface area contributed by atoms with Gasteiger partial charge in [0.15, 0.2) is 5.69 Å². The lowest BCUT2D eigenvalue weighted by Gasteiger charge is -2.24. The third kappa shape index (κ3) is 3.39. The van der Waals surface area contributed by atoms with Crippen LogP contribution < -0.4 is 5.56 Å². The number of H-pyrrole nitrogens is 1. The van der Waals surface area contributed by atoms with Crippen LogP contribution in [-0.4, -0.2) is 37.5 Å². The lowest BCUT2D eigenvalue weighted by Crippen LogP contribution is -2.25. The molecule has 3 aromatic rings. The number of hydrogen-bond donors (Lipinski definition) is 2. The zero-order valence-corrected chi connectivity index (χ0v) is 18.2. The molecule has 2 unspecified atom stereocenters. The van der Waals surface area contributed by atoms with Gasteiger partial charge in [-0.25, -0.2) is 4.79 Å². The number of fused-ring (bicyclic) bond motifs is 1. The summed E-state index contributed by atoms with van der Waals surface area (Å²) in [5.74, 6) is -0.922. The van der Waals surface area contributed by atoms with Gasteiger partial charge in [-0.05, 0) is 43.7 Å². The summed E-state index contributed by atoms with van der Waals surface area (Å²) in [6.07, 6.45) is 5.21. The highest BCUT2D eigenvalue weighted by atomic mass is 16.6. The van der Waals surface area contributed by atoms with Crippen molar-refractivity contribution in [3.63, 3.8) is 0 Å². The fourth-order valence-electron chi connectivity index (χ4n) is 5.14. The monoisotopic (exact) mass is 434 g/mol. The molecule has 2 aliphatic rings. The highest BCUT2D eigenvalue weighted by Crippen LogP contribution is 2.37. The van der Waals surface area contributed by atoms with Crippen molar-refractivity contribution in [2.75, 3.05) is 0 Å². The van der Waals surface area contributed by atoms with Crippen LogP contribution in [0.25, 0.3) is 16.9 Å². The van der Waals surface area contributed by atoms with E-state index in [2.05, 4.69) is 27.4 Å². The average molecular weight is 434 g/mol. The minimum Gasteiger partial charge on any atom is -0.476 e. The molecule has 32 heavy (non-hydrogen) atoms. The van der Waals surface area contributed by atoms with Crippen LogP contribution in [0.1, 0.15) is 79.4 Å². The van der Waals surface area contributed by atoms with E-state index in [1.54, 1.807) is 0 Å². The van der Waals surface area contributed by atoms with Gasteiger partial charge in [-0.2, -0.15) is 9.61 Å². The number of rotatable bonds is 4. The quantitative estimate of drug-likeness (QED) is 0.636. The SMILES string of the molecule is CC1=NOC(C)C1c1ccc(-c2[nH]c3cc(C(=O)O)nn3c(=O)c2C2CCCCC2)cc1. The first-order chi connectivity index (χ1) is 15.4. The van der Waals surface area contributed by atoms with Crippen molar-refractivity contribution < 1.29 is 14.7 Å². The number of aromatic carboxylic acids is 1.